The first kappa shape index (κ1) is 10.9. The van der Waals surface area contributed by atoms with Gasteiger partial charge >= 0.3 is 0 Å². The van der Waals surface area contributed by atoms with Crippen LogP contribution in [0.5, 0.6) is 0 Å². The van der Waals surface area contributed by atoms with E-state index >= 15 is 0 Å². The molecule has 0 aliphatic carbocycles. The van der Waals surface area contributed by atoms with E-state index in [2.05, 4.69) is 12.2 Å². The number of carbonyl (C=O) groups is 1. The van der Waals surface area contributed by atoms with E-state index < -0.39 is 0 Å². The van der Waals surface area contributed by atoms with Crippen LogP contribution in [0.1, 0.15) is 32.6 Å². The monoisotopic (exact) mass is 210 g/mol. The molecule has 15 heavy (non-hydrogen) atoms. The zero-order valence-corrected chi connectivity index (χ0v) is 9.67. The molecule has 2 heterocycles. The molecule has 2 aliphatic heterocycles. The quantitative estimate of drug-likeness (QED) is 0.760. The molecule has 1 amide bonds. The van der Waals surface area contributed by atoms with E-state index in [9.17, 15) is 4.79 Å². The van der Waals surface area contributed by atoms with Gasteiger partial charge in [-0.25, -0.2) is 0 Å². The molecule has 0 aromatic rings. The average molecular weight is 210 g/mol. The lowest BCUT2D eigenvalue weighted by Crippen LogP contribution is -2.28. The number of likely N-dealkylation sites (tertiary alicyclic amines) is 1. The summed E-state index contributed by atoms with van der Waals surface area (Å²) in [5.74, 6) is 1.84. The van der Waals surface area contributed by atoms with Crippen LogP contribution in [0.25, 0.3) is 0 Å². The van der Waals surface area contributed by atoms with E-state index in [0.29, 0.717) is 11.8 Å². The van der Waals surface area contributed by atoms with Gasteiger partial charge in [0.2, 0.25) is 5.91 Å². The van der Waals surface area contributed by atoms with Crippen molar-refractivity contribution in [1.82, 2.24) is 10.2 Å². The summed E-state index contributed by atoms with van der Waals surface area (Å²) in [7, 11) is 0. The summed E-state index contributed by atoms with van der Waals surface area (Å²) in [6.07, 6.45) is 4.29. The fourth-order valence-electron chi connectivity index (χ4n) is 2.61. The first-order chi connectivity index (χ1) is 7.25. The summed E-state index contributed by atoms with van der Waals surface area (Å²) in [6.45, 7) is 6.46. The highest BCUT2D eigenvalue weighted by molar-refractivity contribution is 5.76. The Bertz CT molecular complexity index is 224. The van der Waals surface area contributed by atoms with Gasteiger partial charge in [-0.2, -0.15) is 0 Å². The maximum Gasteiger partial charge on any atom is 0.222 e. The molecule has 0 spiro atoms. The van der Waals surface area contributed by atoms with E-state index in [0.717, 1.165) is 44.9 Å². The van der Waals surface area contributed by atoms with Crippen LogP contribution >= 0.6 is 0 Å². The van der Waals surface area contributed by atoms with Crippen LogP contribution in [0.2, 0.25) is 0 Å². The summed E-state index contributed by atoms with van der Waals surface area (Å²) in [6, 6.07) is 0. The molecule has 2 aliphatic rings. The van der Waals surface area contributed by atoms with Crippen molar-refractivity contribution < 1.29 is 4.79 Å². The van der Waals surface area contributed by atoms with Gasteiger partial charge in [0.25, 0.3) is 0 Å². The van der Waals surface area contributed by atoms with Crippen LogP contribution in [0.15, 0.2) is 0 Å². The number of amides is 1. The highest BCUT2D eigenvalue weighted by atomic mass is 16.2. The molecule has 2 saturated heterocycles. The number of hydrogen-bond donors (Lipinski definition) is 1. The summed E-state index contributed by atoms with van der Waals surface area (Å²) in [5.41, 5.74) is 0. The van der Waals surface area contributed by atoms with Crippen LogP contribution in [0, 0.1) is 11.8 Å². The van der Waals surface area contributed by atoms with Gasteiger partial charge in [-0.1, -0.05) is 6.92 Å². The average Bonchev–Trinajstić information content (AvgIpc) is 2.84. The zero-order valence-electron chi connectivity index (χ0n) is 9.67. The Kier molecular flexibility index (Phi) is 3.62. The zero-order chi connectivity index (χ0) is 10.7. The third-order valence-electron chi connectivity index (χ3n) is 3.71. The molecule has 0 aromatic carbocycles. The third-order valence-corrected chi connectivity index (χ3v) is 3.71. The molecule has 3 nitrogen and oxygen atoms in total. The Hall–Kier alpha value is -0.570. The first-order valence-corrected chi connectivity index (χ1v) is 6.24. The highest BCUT2D eigenvalue weighted by Gasteiger charge is 2.24. The van der Waals surface area contributed by atoms with Crippen LogP contribution in [-0.2, 0) is 4.79 Å². The van der Waals surface area contributed by atoms with Crippen molar-refractivity contribution in [3.8, 4) is 0 Å². The maximum atomic E-state index is 11.9. The number of nitrogens with one attached hydrogen (secondary N) is 1. The van der Waals surface area contributed by atoms with Gasteiger partial charge in [-0.05, 0) is 44.2 Å². The van der Waals surface area contributed by atoms with Crippen molar-refractivity contribution in [3.05, 3.63) is 0 Å². The van der Waals surface area contributed by atoms with Crippen molar-refractivity contribution in [2.45, 2.75) is 32.6 Å². The molecule has 0 bridgehead atoms. The second kappa shape index (κ2) is 4.97. The summed E-state index contributed by atoms with van der Waals surface area (Å²) < 4.78 is 0. The van der Waals surface area contributed by atoms with E-state index in [-0.39, 0.29) is 0 Å². The van der Waals surface area contributed by atoms with Crippen molar-refractivity contribution >= 4 is 5.91 Å². The molecule has 0 aromatic heterocycles. The molecule has 2 fully saturated rings. The summed E-state index contributed by atoms with van der Waals surface area (Å²) in [5, 5.41) is 3.35. The molecular formula is C12H22N2O. The van der Waals surface area contributed by atoms with Gasteiger partial charge < -0.3 is 10.2 Å². The molecular weight excluding hydrogens is 188 g/mol. The third kappa shape index (κ3) is 2.94. The topological polar surface area (TPSA) is 32.3 Å². The summed E-state index contributed by atoms with van der Waals surface area (Å²) >= 11 is 0. The number of rotatable bonds is 3. The van der Waals surface area contributed by atoms with E-state index in [1.54, 1.807) is 0 Å². The van der Waals surface area contributed by atoms with E-state index in [1.807, 2.05) is 4.90 Å². The molecule has 2 rings (SSSR count). The van der Waals surface area contributed by atoms with Crippen LogP contribution in [0.3, 0.4) is 0 Å². The van der Waals surface area contributed by atoms with Gasteiger partial charge in [0.05, 0.1) is 0 Å². The van der Waals surface area contributed by atoms with Gasteiger partial charge in [-0.15, -0.1) is 0 Å². The fourth-order valence-corrected chi connectivity index (χ4v) is 2.61. The second-order valence-electron chi connectivity index (χ2n) is 5.13. The SMILES string of the molecule is CC1CCN(C(=O)CCC2CCNC2)C1. The molecule has 86 valence electrons. The van der Waals surface area contributed by atoms with Crippen molar-refractivity contribution in [2.24, 2.45) is 11.8 Å². The molecule has 3 heteroatoms. The Labute approximate surface area is 92.2 Å². The van der Waals surface area contributed by atoms with Gasteiger partial charge in [0.1, 0.15) is 0 Å². The van der Waals surface area contributed by atoms with Gasteiger partial charge in [0, 0.05) is 19.5 Å². The van der Waals surface area contributed by atoms with Crippen LogP contribution in [-0.4, -0.2) is 37.0 Å². The number of carbonyl (C=O) groups excluding carboxylic acids is 1. The fraction of sp³-hybridized carbons (Fsp3) is 0.917. The Morgan fingerprint density at radius 2 is 2.33 bits per heavy atom. The van der Waals surface area contributed by atoms with E-state index in [4.69, 9.17) is 0 Å². The maximum absolute atomic E-state index is 11.9. The van der Waals surface area contributed by atoms with Crippen molar-refractivity contribution in [3.63, 3.8) is 0 Å². The molecule has 0 radical (unpaired) electrons. The van der Waals surface area contributed by atoms with Crippen molar-refractivity contribution in [1.29, 1.82) is 0 Å². The van der Waals surface area contributed by atoms with Crippen LogP contribution in [0.4, 0.5) is 0 Å². The lowest BCUT2D eigenvalue weighted by Gasteiger charge is -2.16. The van der Waals surface area contributed by atoms with Gasteiger partial charge in [0.15, 0.2) is 0 Å². The standard InChI is InChI=1S/C12H22N2O/c1-10-5-7-14(9-10)12(15)3-2-11-4-6-13-8-11/h10-11,13H,2-9H2,1H3. The normalized spacial score (nSPS) is 31.1. The Morgan fingerprint density at radius 3 is 2.93 bits per heavy atom. The Morgan fingerprint density at radius 1 is 1.47 bits per heavy atom. The second-order valence-corrected chi connectivity index (χ2v) is 5.13. The minimum Gasteiger partial charge on any atom is -0.342 e. The first-order valence-electron chi connectivity index (χ1n) is 6.24. The number of nitrogens with zero attached hydrogens (tertiary/aromatic N) is 1. The Balaban J connectivity index is 1.67. The van der Waals surface area contributed by atoms with Crippen LogP contribution < -0.4 is 5.32 Å². The molecule has 2 atom stereocenters. The predicted molar refractivity (Wildman–Crippen MR) is 60.6 cm³/mol. The highest BCUT2D eigenvalue weighted by Crippen LogP contribution is 2.19. The predicted octanol–water partition coefficient (Wildman–Crippen LogP) is 1.24. The minimum absolute atomic E-state index is 0.381. The lowest BCUT2D eigenvalue weighted by atomic mass is 10.0. The van der Waals surface area contributed by atoms with Crippen molar-refractivity contribution in [2.75, 3.05) is 26.2 Å². The van der Waals surface area contributed by atoms with Gasteiger partial charge in [-0.3, -0.25) is 4.79 Å². The largest absolute Gasteiger partial charge is 0.342 e. The number of hydrogen-bond acceptors (Lipinski definition) is 2. The van der Waals surface area contributed by atoms with E-state index in [1.165, 1.54) is 12.8 Å². The molecule has 0 saturated carbocycles. The minimum atomic E-state index is 0.381. The molecule has 2 unspecified atom stereocenters. The molecule has 1 N–H and O–H groups in total. The smallest absolute Gasteiger partial charge is 0.222 e. The summed E-state index contributed by atoms with van der Waals surface area (Å²) in [4.78, 5) is 13.9. The lowest BCUT2D eigenvalue weighted by molar-refractivity contribution is -0.130.